The zero-order chi connectivity index (χ0) is 18.4. The van der Waals surface area contributed by atoms with Gasteiger partial charge in [0.1, 0.15) is 0 Å². The highest BCUT2D eigenvalue weighted by atomic mass is 16.5. The van der Waals surface area contributed by atoms with Crippen molar-refractivity contribution >= 4 is 12.0 Å². The highest BCUT2D eigenvalue weighted by Gasteiger charge is 2.29. The summed E-state index contributed by atoms with van der Waals surface area (Å²) in [5, 5.41) is 14.6. The number of carbonyl (C=O) groups is 2. The third kappa shape index (κ3) is 4.61. The maximum Gasteiger partial charge on any atom is 0.335 e. The number of aromatic carboxylic acids is 1. The Hall–Kier alpha value is -2.86. The average molecular weight is 354 g/mol. The van der Waals surface area contributed by atoms with E-state index >= 15 is 0 Å². The molecule has 2 amide bonds. The highest BCUT2D eigenvalue weighted by molar-refractivity contribution is 5.87. The molecule has 0 aliphatic carbocycles. The van der Waals surface area contributed by atoms with Gasteiger partial charge >= 0.3 is 12.0 Å². The fourth-order valence-corrected chi connectivity index (χ4v) is 3.09. The van der Waals surface area contributed by atoms with Crippen LogP contribution in [0.15, 0.2) is 54.6 Å². The van der Waals surface area contributed by atoms with Crippen molar-refractivity contribution in [3.63, 3.8) is 0 Å². The molecule has 3 rings (SSSR count). The molecule has 0 unspecified atom stereocenters. The van der Waals surface area contributed by atoms with Crippen LogP contribution in [0.4, 0.5) is 4.79 Å². The number of hydrogen-bond donors (Lipinski definition) is 3. The van der Waals surface area contributed by atoms with Crippen LogP contribution in [0.2, 0.25) is 0 Å². The van der Waals surface area contributed by atoms with Gasteiger partial charge in [-0.05, 0) is 29.7 Å². The minimum atomic E-state index is -0.964. The van der Waals surface area contributed by atoms with Gasteiger partial charge in [0, 0.05) is 25.6 Å². The molecule has 0 aromatic heterocycles. The summed E-state index contributed by atoms with van der Waals surface area (Å²) < 4.78 is 5.82. The van der Waals surface area contributed by atoms with Crippen molar-refractivity contribution in [1.82, 2.24) is 10.6 Å². The lowest BCUT2D eigenvalue weighted by Crippen LogP contribution is -2.38. The van der Waals surface area contributed by atoms with Gasteiger partial charge in [-0.3, -0.25) is 0 Å². The van der Waals surface area contributed by atoms with Gasteiger partial charge in [0.2, 0.25) is 0 Å². The predicted octanol–water partition coefficient (Wildman–Crippen LogP) is 2.96. The number of hydrogen-bond acceptors (Lipinski definition) is 3. The highest BCUT2D eigenvalue weighted by Crippen LogP contribution is 2.33. The molecule has 1 aliphatic rings. The summed E-state index contributed by atoms with van der Waals surface area (Å²) in [6.07, 6.45) is 0.927. The Morgan fingerprint density at radius 3 is 2.46 bits per heavy atom. The van der Waals surface area contributed by atoms with Crippen LogP contribution >= 0.6 is 0 Å². The Balaban J connectivity index is 1.45. The first kappa shape index (κ1) is 17.9. The summed E-state index contributed by atoms with van der Waals surface area (Å²) >= 11 is 0. The molecule has 0 bridgehead atoms. The molecule has 0 saturated carbocycles. The van der Waals surface area contributed by atoms with Gasteiger partial charge in [-0.1, -0.05) is 42.5 Å². The van der Waals surface area contributed by atoms with E-state index in [2.05, 4.69) is 10.6 Å². The molecule has 0 spiro atoms. The molecule has 3 N–H and O–H groups in total. The molecule has 6 nitrogen and oxygen atoms in total. The van der Waals surface area contributed by atoms with Crippen LogP contribution in [-0.4, -0.2) is 30.3 Å². The van der Waals surface area contributed by atoms with Crippen molar-refractivity contribution in [3.05, 3.63) is 71.3 Å². The molecule has 1 saturated heterocycles. The van der Waals surface area contributed by atoms with Gasteiger partial charge in [-0.2, -0.15) is 0 Å². The van der Waals surface area contributed by atoms with E-state index in [9.17, 15) is 9.59 Å². The molecular weight excluding hydrogens is 332 g/mol. The van der Waals surface area contributed by atoms with E-state index in [4.69, 9.17) is 9.84 Å². The largest absolute Gasteiger partial charge is 0.478 e. The van der Waals surface area contributed by atoms with Crippen LogP contribution in [0.1, 0.15) is 34.0 Å². The van der Waals surface area contributed by atoms with Crippen molar-refractivity contribution in [1.29, 1.82) is 0 Å². The zero-order valence-corrected chi connectivity index (χ0v) is 14.4. The number of benzene rings is 2. The van der Waals surface area contributed by atoms with Crippen molar-refractivity contribution in [3.8, 4) is 0 Å². The van der Waals surface area contributed by atoms with Crippen LogP contribution in [0.25, 0.3) is 0 Å². The van der Waals surface area contributed by atoms with Crippen molar-refractivity contribution in [2.24, 2.45) is 5.92 Å². The van der Waals surface area contributed by atoms with Crippen LogP contribution in [0.5, 0.6) is 0 Å². The van der Waals surface area contributed by atoms with E-state index in [0.717, 1.165) is 17.5 Å². The Kier molecular flexibility index (Phi) is 5.86. The normalized spacial score (nSPS) is 19.1. The minimum Gasteiger partial charge on any atom is -0.478 e. The van der Waals surface area contributed by atoms with E-state index in [0.29, 0.717) is 19.7 Å². The summed E-state index contributed by atoms with van der Waals surface area (Å²) in [5.74, 6) is -0.716. The average Bonchev–Trinajstić information content (AvgIpc) is 3.14. The number of carbonyl (C=O) groups excluding carboxylic acids is 1. The van der Waals surface area contributed by atoms with Crippen LogP contribution in [-0.2, 0) is 11.3 Å². The van der Waals surface area contributed by atoms with E-state index in [1.54, 1.807) is 12.1 Å². The van der Waals surface area contributed by atoms with Crippen molar-refractivity contribution < 1.29 is 19.4 Å². The molecule has 136 valence electrons. The van der Waals surface area contributed by atoms with E-state index in [1.165, 1.54) is 12.1 Å². The Labute approximate surface area is 152 Å². The molecule has 6 heteroatoms. The predicted molar refractivity (Wildman–Crippen MR) is 96.9 cm³/mol. The number of ether oxygens (including phenoxy) is 1. The third-order valence-corrected chi connectivity index (χ3v) is 4.52. The summed E-state index contributed by atoms with van der Waals surface area (Å²) in [6.45, 7) is 1.59. The maximum absolute atomic E-state index is 12.0. The number of rotatable bonds is 6. The second-order valence-electron chi connectivity index (χ2n) is 6.32. The van der Waals surface area contributed by atoms with Crippen LogP contribution < -0.4 is 10.6 Å². The molecule has 26 heavy (non-hydrogen) atoms. The lowest BCUT2D eigenvalue weighted by molar-refractivity contribution is 0.0696. The fourth-order valence-electron chi connectivity index (χ4n) is 3.09. The third-order valence-electron chi connectivity index (χ3n) is 4.52. The van der Waals surface area contributed by atoms with Gasteiger partial charge in [0.25, 0.3) is 0 Å². The second kappa shape index (κ2) is 8.49. The number of carboxylic acid groups (broad SMARTS) is 1. The molecule has 0 radical (unpaired) electrons. The summed E-state index contributed by atoms with van der Waals surface area (Å²) in [4.78, 5) is 22.9. The van der Waals surface area contributed by atoms with Crippen LogP contribution in [0, 0.1) is 5.92 Å². The molecule has 2 aromatic rings. The second-order valence-corrected chi connectivity index (χ2v) is 6.32. The number of nitrogens with one attached hydrogen (secondary N) is 2. The summed E-state index contributed by atoms with van der Waals surface area (Å²) in [7, 11) is 0. The first-order valence-corrected chi connectivity index (χ1v) is 8.64. The van der Waals surface area contributed by atoms with Gasteiger partial charge in [0.15, 0.2) is 0 Å². The lowest BCUT2D eigenvalue weighted by Gasteiger charge is -2.19. The van der Waals surface area contributed by atoms with Crippen molar-refractivity contribution in [2.75, 3.05) is 13.2 Å². The number of amides is 2. The lowest BCUT2D eigenvalue weighted by atomic mass is 9.95. The van der Waals surface area contributed by atoms with Gasteiger partial charge in [-0.25, -0.2) is 9.59 Å². The fraction of sp³-hybridized carbons (Fsp3) is 0.300. The monoisotopic (exact) mass is 354 g/mol. The smallest absolute Gasteiger partial charge is 0.335 e. The molecule has 1 heterocycles. The molecule has 2 aromatic carbocycles. The van der Waals surface area contributed by atoms with E-state index < -0.39 is 5.97 Å². The summed E-state index contributed by atoms with van der Waals surface area (Å²) in [6, 6.07) is 16.2. The van der Waals surface area contributed by atoms with Gasteiger partial charge < -0.3 is 20.5 Å². The first-order chi connectivity index (χ1) is 12.6. The molecule has 2 atom stereocenters. The van der Waals surface area contributed by atoms with E-state index in [1.807, 2.05) is 30.3 Å². The zero-order valence-electron chi connectivity index (χ0n) is 14.4. The Bertz CT molecular complexity index is 746. The Morgan fingerprint density at radius 2 is 1.77 bits per heavy atom. The summed E-state index contributed by atoms with van der Waals surface area (Å²) in [5.41, 5.74) is 2.21. The van der Waals surface area contributed by atoms with E-state index in [-0.39, 0.29) is 23.6 Å². The maximum atomic E-state index is 12.0. The standard InChI is InChI=1S/C20H22N2O4/c23-19(24)16-8-6-14(7-9-16)12-21-20(25)22-13-17-10-11-26-18(17)15-4-2-1-3-5-15/h1-9,17-18H,10-13H2,(H,23,24)(H2,21,22,25)/t17-,18-/m0/s1. The van der Waals surface area contributed by atoms with Gasteiger partial charge in [0.05, 0.1) is 11.7 Å². The quantitative estimate of drug-likeness (QED) is 0.744. The van der Waals surface area contributed by atoms with Crippen molar-refractivity contribution in [2.45, 2.75) is 19.1 Å². The minimum absolute atomic E-state index is 0.0139. The number of carboxylic acids is 1. The first-order valence-electron chi connectivity index (χ1n) is 8.64. The topological polar surface area (TPSA) is 87.7 Å². The SMILES string of the molecule is O=C(NCc1ccc(C(=O)O)cc1)NC[C@@H]1CCO[C@H]1c1ccccc1. The number of urea groups is 1. The van der Waals surface area contributed by atoms with Gasteiger partial charge in [-0.15, -0.1) is 0 Å². The van der Waals surface area contributed by atoms with Crippen LogP contribution in [0.3, 0.4) is 0 Å². The molecule has 1 aliphatic heterocycles. The Morgan fingerprint density at radius 1 is 1.04 bits per heavy atom. The molecule has 1 fully saturated rings. The molecular formula is C20H22N2O4.